The van der Waals surface area contributed by atoms with Crippen LogP contribution in [0, 0.1) is 5.92 Å². The van der Waals surface area contributed by atoms with E-state index in [1.807, 2.05) is 0 Å². The van der Waals surface area contributed by atoms with E-state index in [1.165, 1.54) is 19.3 Å². The number of piperidine rings is 1. The molecule has 2 N–H and O–H groups in total. The van der Waals surface area contributed by atoms with Crippen LogP contribution in [0.1, 0.15) is 32.1 Å². The molecule has 2 aliphatic rings. The number of nitrogens with one attached hydrogen (secondary N) is 1. The van der Waals surface area contributed by atoms with Gasteiger partial charge in [-0.2, -0.15) is 0 Å². The molecule has 1 aliphatic heterocycles. The van der Waals surface area contributed by atoms with Gasteiger partial charge in [-0.05, 0) is 25.7 Å². The standard InChI is InChI=1S/C10H18N2O2/c13-10(14)8-4-5-9(8)11-12-6-2-1-3-7-12/h8-9,11H,1-7H2,(H,13,14). The highest BCUT2D eigenvalue weighted by Crippen LogP contribution is 2.28. The maximum Gasteiger partial charge on any atom is 0.308 e. The van der Waals surface area contributed by atoms with Crippen molar-refractivity contribution in [3.63, 3.8) is 0 Å². The zero-order valence-electron chi connectivity index (χ0n) is 8.41. The molecule has 2 atom stereocenters. The first-order chi connectivity index (χ1) is 6.77. The SMILES string of the molecule is O=C(O)C1CCC1NN1CCCCC1. The van der Waals surface area contributed by atoms with Gasteiger partial charge in [-0.1, -0.05) is 6.42 Å². The lowest BCUT2D eigenvalue weighted by molar-refractivity contribution is -0.147. The van der Waals surface area contributed by atoms with Gasteiger partial charge in [0.2, 0.25) is 0 Å². The van der Waals surface area contributed by atoms with E-state index in [1.54, 1.807) is 0 Å². The van der Waals surface area contributed by atoms with E-state index in [2.05, 4.69) is 10.4 Å². The third-order valence-corrected chi connectivity index (χ3v) is 3.30. The van der Waals surface area contributed by atoms with Crippen LogP contribution in [-0.2, 0) is 4.79 Å². The summed E-state index contributed by atoms with van der Waals surface area (Å²) in [7, 11) is 0. The van der Waals surface area contributed by atoms with Crippen molar-refractivity contribution in [3.05, 3.63) is 0 Å². The maximum absolute atomic E-state index is 10.8. The largest absolute Gasteiger partial charge is 0.481 e. The lowest BCUT2D eigenvalue weighted by Crippen LogP contribution is -2.55. The van der Waals surface area contributed by atoms with E-state index >= 15 is 0 Å². The molecule has 80 valence electrons. The molecule has 4 nitrogen and oxygen atoms in total. The summed E-state index contributed by atoms with van der Waals surface area (Å²) >= 11 is 0. The van der Waals surface area contributed by atoms with Crippen molar-refractivity contribution in [1.82, 2.24) is 10.4 Å². The molecule has 0 spiro atoms. The summed E-state index contributed by atoms with van der Waals surface area (Å²) in [6, 6.07) is 0.186. The van der Waals surface area contributed by atoms with Crippen LogP contribution < -0.4 is 5.43 Å². The summed E-state index contributed by atoms with van der Waals surface area (Å²) in [5.41, 5.74) is 3.34. The van der Waals surface area contributed by atoms with Gasteiger partial charge in [-0.25, -0.2) is 5.01 Å². The second-order valence-corrected chi connectivity index (χ2v) is 4.31. The van der Waals surface area contributed by atoms with Gasteiger partial charge in [0.1, 0.15) is 0 Å². The molecule has 2 rings (SSSR count). The molecule has 0 amide bonds. The van der Waals surface area contributed by atoms with Gasteiger partial charge < -0.3 is 5.11 Å². The Hall–Kier alpha value is -0.610. The number of nitrogens with zero attached hydrogens (tertiary/aromatic N) is 1. The zero-order chi connectivity index (χ0) is 9.97. The Bertz CT molecular complexity index is 214. The highest BCUT2D eigenvalue weighted by Gasteiger charge is 2.37. The Morgan fingerprint density at radius 3 is 2.43 bits per heavy atom. The highest BCUT2D eigenvalue weighted by molar-refractivity contribution is 5.72. The Labute approximate surface area is 84.2 Å². The molecule has 1 heterocycles. The molecular weight excluding hydrogens is 180 g/mol. The molecule has 0 radical (unpaired) electrons. The van der Waals surface area contributed by atoms with E-state index in [4.69, 9.17) is 5.11 Å². The van der Waals surface area contributed by atoms with Crippen LogP contribution in [0.4, 0.5) is 0 Å². The number of carboxylic acid groups (broad SMARTS) is 1. The van der Waals surface area contributed by atoms with Crippen molar-refractivity contribution in [3.8, 4) is 0 Å². The van der Waals surface area contributed by atoms with Crippen LogP contribution in [0.25, 0.3) is 0 Å². The lowest BCUT2D eigenvalue weighted by Gasteiger charge is -2.39. The maximum atomic E-state index is 10.8. The average Bonchev–Trinajstić information content (AvgIpc) is 2.13. The normalized spacial score (nSPS) is 33.7. The van der Waals surface area contributed by atoms with Gasteiger partial charge in [0.15, 0.2) is 0 Å². The minimum absolute atomic E-state index is 0.156. The smallest absolute Gasteiger partial charge is 0.308 e. The average molecular weight is 198 g/mol. The molecule has 0 aromatic carbocycles. The zero-order valence-corrected chi connectivity index (χ0v) is 8.41. The van der Waals surface area contributed by atoms with Crippen molar-refractivity contribution in [2.45, 2.75) is 38.1 Å². The van der Waals surface area contributed by atoms with Crippen molar-refractivity contribution in [1.29, 1.82) is 0 Å². The number of carboxylic acids is 1. The predicted octanol–water partition coefficient (Wildman–Crippen LogP) is 0.840. The van der Waals surface area contributed by atoms with Crippen molar-refractivity contribution < 1.29 is 9.90 Å². The molecule has 2 unspecified atom stereocenters. The number of rotatable bonds is 3. The van der Waals surface area contributed by atoms with Crippen LogP contribution in [-0.4, -0.2) is 35.2 Å². The van der Waals surface area contributed by atoms with Crippen LogP contribution in [0.3, 0.4) is 0 Å². The molecule has 14 heavy (non-hydrogen) atoms. The fourth-order valence-electron chi connectivity index (χ4n) is 2.21. The van der Waals surface area contributed by atoms with E-state index < -0.39 is 5.97 Å². The summed E-state index contributed by atoms with van der Waals surface area (Å²) in [6.45, 7) is 2.14. The molecular formula is C10H18N2O2. The van der Waals surface area contributed by atoms with E-state index in [0.717, 1.165) is 25.9 Å². The van der Waals surface area contributed by atoms with Crippen LogP contribution in [0.15, 0.2) is 0 Å². The summed E-state index contributed by atoms with van der Waals surface area (Å²) < 4.78 is 0. The molecule has 1 aliphatic carbocycles. The van der Waals surface area contributed by atoms with Crippen LogP contribution in [0.2, 0.25) is 0 Å². The number of hydrogen-bond donors (Lipinski definition) is 2. The fourth-order valence-corrected chi connectivity index (χ4v) is 2.21. The molecule has 2 fully saturated rings. The van der Waals surface area contributed by atoms with Crippen molar-refractivity contribution in [2.24, 2.45) is 5.92 Å². The number of carbonyl (C=O) groups is 1. The lowest BCUT2D eigenvalue weighted by atomic mass is 9.80. The number of hydrazine groups is 1. The first kappa shape index (κ1) is 9.93. The minimum atomic E-state index is -0.647. The van der Waals surface area contributed by atoms with Crippen LogP contribution in [0.5, 0.6) is 0 Å². The van der Waals surface area contributed by atoms with Gasteiger partial charge in [-0.3, -0.25) is 10.2 Å². The number of aliphatic carboxylic acids is 1. The van der Waals surface area contributed by atoms with Gasteiger partial charge >= 0.3 is 5.97 Å². The quantitative estimate of drug-likeness (QED) is 0.705. The third kappa shape index (κ3) is 2.07. The van der Waals surface area contributed by atoms with E-state index in [-0.39, 0.29) is 12.0 Å². The van der Waals surface area contributed by atoms with Gasteiger partial charge in [0.25, 0.3) is 0 Å². The van der Waals surface area contributed by atoms with E-state index in [0.29, 0.717) is 0 Å². The van der Waals surface area contributed by atoms with Crippen molar-refractivity contribution in [2.75, 3.05) is 13.1 Å². The molecule has 1 saturated heterocycles. The molecule has 0 aromatic rings. The van der Waals surface area contributed by atoms with Crippen LogP contribution >= 0.6 is 0 Å². The Balaban J connectivity index is 1.76. The van der Waals surface area contributed by atoms with Gasteiger partial charge in [0.05, 0.1) is 5.92 Å². The Morgan fingerprint density at radius 2 is 1.93 bits per heavy atom. The van der Waals surface area contributed by atoms with Gasteiger partial charge in [-0.15, -0.1) is 0 Å². The number of hydrogen-bond acceptors (Lipinski definition) is 3. The van der Waals surface area contributed by atoms with E-state index in [9.17, 15) is 4.79 Å². The second kappa shape index (κ2) is 4.28. The van der Waals surface area contributed by atoms with Crippen molar-refractivity contribution >= 4 is 5.97 Å². The molecule has 1 saturated carbocycles. The molecule has 0 bridgehead atoms. The third-order valence-electron chi connectivity index (χ3n) is 3.30. The minimum Gasteiger partial charge on any atom is -0.481 e. The predicted molar refractivity (Wildman–Crippen MR) is 52.7 cm³/mol. The first-order valence-electron chi connectivity index (χ1n) is 5.51. The molecule has 4 heteroatoms. The second-order valence-electron chi connectivity index (χ2n) is 4.31. The Kier molecular flexibility index (Phi) is 3.03. The summed E-state index contributed by atoms with van der Waals surface area (Å²) in [4.78, 5) is 10.8. The fraction of sp³-hybridized carbons (Fsp3) is 0.900. The Morgan fingerprint density at radius 1 is 1.21 bits per heavy atom. The summed E-state index contributed by atoms with van der Waals surface area (Å²) in [6.07, 6.45) is 5.62. The summed E-state index contributed by atoms with van der Waals surface area (Å²) in [5, 5.41) is 11.1. The highest BCUT2D eigenvalue weighted by atomic mass is 16.4. The topological polar surface area (TPSA) is 52.6 Å². The first-order valence-corrected chi connectivity index (χ1v) is 5.51. The summed E-state index contributed by atoms with van der Waals surface area (Å²) in [5.74, 6) is -0.803. The molecule has 0 aromatic heterocycles. The van der Waals surface area contributed by atoms with Gasteiger partial charge in [0, 0.05) is 19.1 Å². The monoisotopic (exact) mass is 198 g/mol.